The predicted molar refractivity (Wildman–Crippen MR) is 111 cm³/mol. The number of piperidine rings is 1. The van der Waals surface area contributed by atoms with Crippen LogP contribution < -0.4 is 9.47 Å². The second-order valence-electron chi connectivity index (χ2n) is 7.63. The van der Waals surface area contributed by atoms with E-state index in [1.165, 1.54) is 18.4 Å². The molecule has 150 valence electrons. The Kier molecular flexibility index (Phi) is 5.08. The minimum atomic E-state index is 0.247. The highest BCUT2D eigenvalue weighted by Crippen LogP contribution is 2.35. The van der Waals surface area contributed by atoms with Crippen LogP contribution in [0.1, 0.15) is 18.4 Å². The van der Waals surface area contributed by atoms with Crippen LogP contribution >= 0.6 is 12.2 Å². The van der Waals surface area contributed by atoms with Crippen molar-refractivity contribution in [3.8, 4) is 23.0 Å². The first kappa shape index (κ1) is 18.4. The number of benzene rings is 2. The molecular formula is C22H23N3O3S. The number of hydrogen-bond acceptors (Lipinski definition) is 6. The van der Waals surface area contributed by atoms with Crippen LogP contribution in [0.2, 0.25) is 0 Å². The van der Waals surface area contributed by atoms with Crippen LogP contribution in [0.4, 0.5) is 0 Å². The smallest absolute Gasteiger partial charge is 0.288 e. The summed E-state index contributed by atoms with van der Waals surface area (Å²) in [4.78, 5) is 2.78. The number of aromatic nitrogens is 2. The van der Waals surface area contributed by atoms with Gasteiger partial charge in [-0.25, -0.2) is 4.68 Å². The zero-order chi connectivity index (χ0) is 19.6. The molecule has 1 fully saturated rings. The van der Waals surface area contributed by atoms with Crippen LogP contribution in [-0.2, 0) is 13.1 Å². The minimum Gasteiger partial charge on any atom is -0.454 e. The van der Waals surface area contributed by atoms with Crippen molar-refractivity contribution in [2.75, 3.05) is 19.9 Å². The van der Waals surface area contributed by atoms with Gasteiger partial charge in [0.2, 0.25) is 12.7 Å². The van der Waals surface area contributed by atoms with Gasteiger partial charge in [-0.15, -0.1) is 5.10 Å². The van der Waals surface area contributed by atoms with E-state index in [4.69, 9.17) is 26.1 Å². The highest BCUT2D eigenvalue weighted by atomic mass is 32.1. The number of fused-ring (bicyclic) bond motifs is 1. The zero-order valence-electron chi connectivity index (χ0n) is 16.1. The molecule has 6 nitrogen and oxygen atoms in total. The summed E-state index contributed by atoms with van der Waals surface area (Å²) in [5.41, 5.74) is 2.26. The summed E-state index contributed by atoms with van der Waals surface area (Å²) in [5, 5.41) is 4.59. The largest absolute Gasteiger partial charge is 0.454 e. The van der Waals surface area contributed by atoms with E-state index < -0.39 is 0 Å². The molecule has 7 heteroatoms. The number of hydrogen-bond donors (Lipinski definition) is 0. The third-order valence-corrected chi connectivity index (χ3v) is 5.93. The Bertz CT molecular complexity index is 1040. The average molecular weight is 410 g/mol. The predicted octanol–water partition coefficient (Wildman–Crippen LogP) is 4.51. The fourth-order valence-electron chi connectivity index (χ4n) is 4.01. The van der Waals surface area contributed by atoms with Gasteiger partial charge in [0.05, 0.1) is 6.67 Å². The van der Waals surface area contributed by atoms with Crippen LogP contribution in [0.25, 0.3) is 11.5 Å². The first-order valence-electron chi connectivity index (χ1n) is 9.99. The van der Waals surface area contributed by atoms with E-state index in [2.05, 4.69) is 40.3 Å². The lowest BCUT2D eigenvalue weighted by Crippen LogP contribution is -2.36. The normalized spacial score (nSPS) is 17.0. The van der Waals surface area contributed by atoms with E-state index in [-0.39, 0.29) is 6.79 Å². The molecule has 0 bridgehead atoms. The molecule has 2 aromatic carbocycles. The van der Waals surface area contributed by atoms with E-state index in [0.29, 0.717) is 23.1 Å². The van der Waals surface area contributed by atoms with E-state index in [9.17, 15) is 0 Å². The number of rotatable bonds is 5. The first-order valence-corrected chi connectivity index (χ1v) is 10.4. The quantitative estimate of drug-likeness (QED) is 0.578. The van der Waals surface area contributed by atoms with Gasteiger partial charge < -0.3 is 13.9 Å². The van der Waals surface area contributed by atoms with Crippen LogP contribution in [0.5, 0.6) is 11.5 Å². The molecule has 0 unspecified atom stereocenters. The van der Waals surface area contributed by atoms with Crippen LogP contribution in [-0.4, -0.2) is 34.6 Å². The molecule has 2 aliphatic rings. The molecule has 0 amide bonds. The molecule has 5 rings (SSSR count). The Morgan fingerprint density at radius 1 is 1.00 bits per heavy atom. The van der Waals surface area contributed by atoms with Crippen molar-refractivity contribution in [1.29, 1.82) is 0 Å². The molecule has 0 spiro atoms. The lowest BCUT2D eigenvalue weighted by atomic mass is 9.90. The maximum atomic E-state index is 5.75. The van der Waals surface area contributed by atoms with E-state index in [0.717, 1.165) is 36.7 Å². The average Bonchev–Trinajstić information content (AvgIpc) is 3.36. The third kappa shape index (κ3) is 4.06. The van der Waals surface area contributed by atoms with Crippen molar-refractivity contribution in [1.82, 2.24) is 14.7 Å². The maximum absolute atomic E-state index is 5.75. The lowest BCUT2D eigenvalue weighted by molar-refractivity contribution is 0.138. The number of ether oxygens (including phenoxy) is 2. The lowest BCUT2D eigenvalue weighted by Gasteiger charge is -2.31. The molecule has 0 saturated carbocycles. The molecule has 29 heavy (non-hydrogen) atoms. The summed E-state index contributed by atoms with van der Waals surface area (Å²) in [7, 11) is 0. The van der Waals surface area contributed by atoms with Crippen molar-refractivity contribution in [3.63, 3.8) is 0 Å². The Labute approximate surface area is 174 Å². The van der Waals surface area contributed by atoms with Crippen molar-refractivity contribution in [2.24, 2.45) is 5.92 Å². The van der Waals surface area contributed by atoms with Crippen LogP contribution in [0.15, 0.2) is 52.9 Å². The Hall–Kier alpha value is -2.64. The zero-order valence-corrected chi connectivity index (χ0v) is 16.9. The molecule has 3 heterocycles. The Balaban J connectivity index is 1.21. The van der Waals surface area contributed by atoms with E-state index in [1.54, 1.807) is 4.68 Å². The van der Waals surface area contributed by atoms with Gasteiger partial charge in [-0.1, -0.05) is 30.3 Å². The fourth-order valence-corrected chi connectivity index (χ4v) is 4.19. The maximum Gasteiger partial charge on any atom is 0.288 e. The second-order valence-corrected chi connectivity index (χ2v) is 7.98. The Morgan fingerprint density at radius 3 is 2.62 bits per heavy atom. The topological polar surface area (TPSA) is 52.7 Å². The molecule has 1 aromatic heterocycles. The van der Waals surface area contributed by atoms with Crippen LogP contribution in [0, 0.1) is 10.8 Å². The van der Waals surface area contributed by atoms with Gasteiger partial charge in [0.25, 0.3) is 4.84 Å². The van der Waals surface area contributed by atoms with Gasteiger partial charge in [-0.05, 0) is 61.2 Å². The van der Waals surface area contributed by atoms with Crippen molar-refractivity contribution >= 4 is 12.2 Å². The molecule has 3 aromatic rings. The van der Waals surface area contributed by atoms with Gasteiger partial charge in [0, 0.05) is 18.7 Å². The van der Waals surface area contributed by atoms with Crippen LogP contribution in [0.3, 0.4) is 0 Å². The molecule has 0 atom stereocenters. The SMILES string of the molecule is S=c1oc(-c2ccc3c(c2)OCO3)nn1CN1CCC(Cc2ccccc2)CC1. The monoisotopic (exact) mass is 409 g/mol. The van der Waals surface area contributed by atoms with E-state index in [1.807, 2.05) is 18.2 Å². The molecule has 0 radical (unpaired) electrons. The summed E-state index contributed by atoms with van der Waals surface area (Å²) >= 11 is 5.40. The fraction of sp³-hybridized carbons (Fsp3) is 0.364. The standard InChI is InChI=1S/C22H23N3O3S/c29-22-25(23-21(28-22)18-6-7-19-20(13-18)27-15-26-19)14-24-10-8-17(9-11-24)12-16-4-2-1-3-5-16/h1-7,13,17H,8-12,14-15H2. The highest BCUT2D eigenvalue weighted by Gasteiger charge is 2.21. The van der Waals surface area contributed by atoms with Gasteiger partial charge in [-0.2, -0.15) is 0 Å². The summed E-state index contributed by atoms with van der Waals surface area (Å²) in [6.07, 6.45) is 3.54. The summed E-state index contributed by atoms with van der Waals surface area (Å²) in [6.45, 7) is 3.00. The van der Waals surface area contributed by atoms with Crippen molar-refractivity contribution in [2.45, 2.75) is 25.9 Å². The number of likely N-dealkylation sites (tertiary alicyclic amines) is 1. The van der Waals surface area contributed by atoms with Gasteiger partial charge >= 0.3 is 0 Å². The third-order valence-electron chi connectivity index (χ3n) is 5.63. The minimum absolute atomic E-state index is 0.247. The summed E-state index contributed by atoms with van der Waals surface area (Å²) in [6, 6.07) is 16.4. The van der Waals surface area contributed by atoms with Crippen molar-refractivity contribution in [3.05, 3.63) is 58.9 Å². The number of nitrogens with zero attached hydrogens (tertiary/aromatic N) is 3. The molecule has 0 N–H and O–H groups in total. The molecule has 2 aliphatic heterocycles. The molecular weight excluding hydrogens is 386 g/mol. The summed E-state index contributed by atoms with van der Waals surface area (Å²) in [5.74, 6) is 2.69. The molecule has 1 saturated heterocycles. The van der Waals surface area contributed by atoms with Gasteiger partial charge in [0.1, 0.15) is 0 Å². The van der Waals surface area contributed by atoms with E-state index >= 15 is 0 Å². The Morgan fingerprint density at radius 2 is 1.79 bits per heavy atom. The molecule has 0 aliphatic carbocycles. The van der Waals surface area contributed by atoms with Crippen molar-refractivity contribution < 1.29 is 13.9 Å². The second kappa shape index (κ2) is 8.00. The van der Waals surface area contributed by atoms with Gasteiger partial charge in [0.15, 0.2) is 11.5 Å². The first-order chi connectivity index (χ1) is 14.2. The summed E-state index contributed by atoms with van der Waals surface area (Å²) < 4.78 is 18.3. The highest BCUT2D eigenvalue weighted by molar-refractivity contribution is 7.71. The van der Waals surface area contributed by atoms with Gasteiger partial charge in [-0.3, -0.25) is 4.90 Å².